The zero-order valence-corrected chi connectivity index (χ0v) is 10.5. The number of carbonyl (C=O) groups is 1. The van der Waals surface area contributed by atoms with E-state index in [4.69, 9.17) is 9.47 Å². The Morgan fingerprint density at radius 3 is 3.06 bits per heavy atom. The maximum atomic E-state index is 12.1. The molecule has 96 valence electrons. The standard InChI is InChI=1S/C13H16N2O3/c1-15-11-4-3-8(17-2)5-10(11)14-13(16)9-6-18-7-12(9)15/h3-5,9,12H,6-7H2,1-2H3,(H,14,16). The van der Waals surface area contributed by atoms with Crippen molar-refractivity contribution in [2.45, 2.75) is 6.04 Å². The summed E-state index contributed by atoms with van der Waals surface area (Å²) < 4.78 is 10.6. The number of methoxy groups -OCH3 is 1. The number of benzene rings is 1. The van der Waals surface area contributed by atoms with Gasteiger partial charge in [0.15, 0.2) is 0 Å². The van der Waals surface area contributed by atoms with Crippen molar-refractivity contribution in [2.24, 2.45) is 5.92 Å². The summed E-state index contributed by atoms with van der Waals surface area (Å²) >= 11 is 0. The summed E-state index contributed by atoms with van der Waals surface area (Å²) in [6.07, 6.45) is 0. The fourth-order valence-corrected chi connectivity index (χ4v) is 2.63. The van der Waals surface area contributed by atoms with E-state index in [2.05, 4.69) is 10.2 Å². The monoisotopic (exact) mass is 248 g/mol. The first-order valence-electron chi connectivity index (χ1n) is 6.00. The van der Waals surface area contributed by atoms with Gasteiger partial charge < -0.3 is 19.7 Å². The van der Waals surface area contributed by atoms with Crippen LogP contribution < -0.4 is 15.0 Å². The topological polar surface area (TPSA) is 50.8 Å². The highest BCUT2D eigenvalue weighted by atomic mass is 16.5. The molecule has 0 saturated carbocycles. The number of nitrogens with one attached hydrogen (secondary N) is 1. The molecule has 0 aliphatic carbocycles. The number of ether oxygens (including phenoxy) is 2. The van der Waals surface area contributed by atoms with Crippen molar-refractivity contribution in [3.05, 3.63) is 18.2 Å². The summed E-state index contributed by atoms with van der Waals surface area (Å²) in [5, 5.41) is 2.96. The number of hydrogen-bond donors (Lipinski definition) is 1. The number of fused-ring (bicyclic) bond motifs is 2. The van der Waals surface area contributed by atoms with Crippen LogP contribution >= 0.6 is 0 Å². The molecule has 0 bridgehead atoms. The highest BCUT2D eigenvalue weighted by molar-refractivity contribution is 5.98. The molecule has 5 heteroatoms. The van der Waals surface area contributed by atoms with Crippen LogP contribution in [0, 0.1) is 5.92 Å². The molecule has 0 aromatic heterocycles. The summed E-state index contributed by atoms with van der Waals surface area (Å²) in [4.78, 5) is 14.3. The van der Waals surface area contributed by atoms with E-state index >= 15 is 0 Å². The maximum absolute atomic E-state index is 12.1. The molecule has 1 N–H and O–H groups in total. The molecular weight excluding hydrogens is 232 g/mol. The molecule has 0 radical (unpaired) electrons. The molecule has 1 saturated heterocycles. The van der Waals surface area contributed by atoms with Crippen LogP contribution in [-0.2, 0) is 9.53 Å². The van der Waals surface area contributed by atoms with Crippen molar-refractivity contribution in [2.75, 3.05) is 37.6 Å². The Kier molecular flexibility index (Phi) is 2.63. The molecule has 18 heavy (non-hydrogen) atoms. The van der Waals surface area contributed by atoms with Gasteiger partial charge in [-0.25, -0.2) is 0 Å². The van der Waals surface area contributed by atoms with Crippen LogP contribution in [0.5, 0.6) is 5.75 Å². The van der Waals surface area contributed by atoms with Crippen LogP contribution in [-0.4, -0.2) is 39.3 Å². The molecule has 2 atom stereocenters. The summed E-state index contributed by atoms with van der Waals surface area (Å²) in [6, 6.07) is 5.83. The zero-order chi connectivity index (χ0) is 12.7. The van der Waals surface area contributed by atoms with E-state index in [1.807, 2.05) is 25.2 Å². The predicted molar refractivity (Wildman–Crippen MR) is 68.1 cm³/mol. The Morgan fingerprint density at radius 1 is 1.44 bits per heavy atom. The van der Waals surface area contributed by atoms with E-state index in [1.54, 1.807) is 7.11 Å². The van der Waals surface area contributed by atoms with E-state index in [1.165, 1.54) is 0 Å². The van der Waals surface area contributed by atoms with Gasteiger partial charge in [-0.3, -0.25) is 4.79 Å². The smallest absolute Gasteiger partial charge is 0.232 e. The number of carbonyl (C=O) groups excluding carboxylic acids is 1. The second-order valence-corrected chi connectivity index (χ2v) is 4.69. The molecule has 5 nitrogen and oxygen atoms in total. The molecule has 0 spiro atoms. The van der Waals surface area contributed by atoms with Gasteiger partial charge in [0.25, 0.3) is 0 Å². The van der Waals surface area contributed by atoms with Gasteiger partial charge in [-0.05, 0) is 12.1 Å². The van der Waals surface area contributed by atoms with Crippen molar-refractivity contribution in [3.63, 3.8) is 0 Å². The molecule has 2 aliphatic heterocycles. The van der Waals surface area contributed by atoms with Gasteiger partial charge >= 0.3 is 0 Å². The second kappa shape index (κ2) is 4.17. The Labute approximate surface area is 106 Å². The minimum absolute atomic E-state index is 0.0244. The highest BCUT2D eigenvalue weighted by Gasteiger charge is 2.39. The van der Waals surface area contributed by atoms with E-state index < -0.39 is 0 Å². The SMILES string of the molecule is COc1ccc2c(c1)NC(=O)C1COCC1N2C. The van der Waals surface area contributed by atoms with Gasteiger partial charge in [-0.15, -0.1) is 0 Å². The summed E-state index contributed by atoms with van der Waals surface area (Å²) in [5.74, 6) is 0.663. The van der Waals surface area contributed by atoms with Crippen LogP contribution in [0.15, 0.2) is 18.2 Å². The first-order chi connectivity index (χ1) is 8.70. The van der Waals surface area contributed by atoms with Gasteiger partial charge in [0.05, 0.1) is 43.7 Å². The van der Waals surface area contributed by atoms with Crippen LogP contribution in [0.3, 0.4) is 0 Å². The molecular formula is C13H16N2O3. The number of anilines is 2. The third kappa shape index (κ3) is 1.62. The van der Waals surface area contributed by atoms with E-state index in [0.29, 0.717) is 13.2 Å². The van der Waals surface area contributed by atoms with Gasteiger partial charge in [0.1, 0.15) is 5.75 Å². The van der Waals surface area contributed by atoms with Crippen LogP contribution in [0.25, 0.3) is 0 Å². The molecule has 3 rings (SSSR count). The minimum atomic E-state index is -0.103. The van der Waals surface area contributed by atoms with Crippen molar-refractivity contribution in [3.8, 4) is 5.75 Å². The second-order valence-electron chi connectivity index (χ2n) is 4.69. The summed E-state index contributed by atoms with van der Waals surface area (Å²) in [5.41, 5.74) is 1.80. The number of nitrogens with zero attached hydrogens (tertiary/aromatic N) is 1. The van der Waals surface area contributed by atoms with Gasteiger partial charge in [0.2, 0.25) is 5.91 Å². The fourth-order valence-electron chi connectivity index (χ4n) is 2.63. The quantitative estimate of drug-likeness (QED) is 0.808. The molecule has 2 heterocycles. The Balaban J connectivity index is 2.05. The lowest BCUT2D eigenvalue weighted by Gasteiger charge is -2.26. The Bertz CT molecular complexity index is 489. The molecule has 1 fully saturated rings. The molecule has 2 aliphatic rings. The molecule has 2 unspecified atom stereocenters. The predicted octanol–water partition coefficient (Wildman–Crippen LogP) is 1.10. The van der Waals surface area contributed by atoms with Gasteiger partial charge in [-0.2, -0.15) is 0 Å². The van der Waals surface area contributed by atoms with Crippen LogP contribution in [0.1, 0.15) is 0 Å². The summed E-state index contributed by atoms with van der Waals surface area (Å²) in [7, 11) is 3.62. The minimum Gasteiger partial charge on any atom is -0.497 e. The van der Waals surface area contributed by atoms with Crippen LogP contribution in [0.4, 0.5) is 11.4 Å². The van der Waals surface area contributed by atoms with Crippen molar-refractivity contribution in [1.82, 2.24) is 0 Å². The fraction of sp³-hybridized carbons (Fsp3) is 0.462. The Hall–Kier alpha value is -1.75. The lowest BCUT2D eigenvalue weighted by Crippen LogP contribution is -2.40. The molecule has 1 aromatic rings. The molecule has 1 aromatic carbocycles. The van der Waals surface area contributed by atoms with Crippen molar-refractivity contribution >= 4 is 17.3 Å². The van der Waals surface area contributed by atoms with Crippen LogP contribution in [0.2, 0.25) is 0 Å². The third-order valence-corrected chi connectivity index (χ3v) is 3.73. The van der Waals surface area contributed by atoms with Crippen molar-refractivity contribution < 1.29 is 14.3 Å². The van der Waals surface area contributed by atoms with Gasteiger partial charge in [0, 0.05) is 13.1 Å². The summed E-state index contributed by atoms with van der Waals surface area (Å²) in [6.45, 7) is 1.09. The van der Waals surface area contributed by atoms with E-state index in [0.717, 1.165) is 17.1 Å². The van der Waals surface area contributed by atoms with Gasteiger partial charge in [-0.1, -0.05) is 0 Å². The number of likely N-dealkylation sites (N-methyl/N-ethyl adjacent to an activating group) is 1. The van der Waals surface area contributed by atoms with E-state index in [9.17, 15) is 4.79 Å². The number of amides is 1. The number of rotatable bonds is 1. The maximum Gasteiger partial charge on any atom is 0.232 e. The first kappa shape index (κ1) is 11.3. The largest absolute Gasteiger partial charge is 0.497 e. The average molecular weight is 248 g/mol. The molecule has 1 amide bonds. The highest BCUT2D eigenvalue weighted by Crippen LogP contribution is 2.36. The number of hydrogen-bond acceptors (Lipinski definition) is 4. The lowest BCUT2D eigenvalue weighted by molar-refractivity contribution is -0.120. The first-order valence-corrected chi connectivity index (χ1v) is 6.00. The lowest BCUT2D eigenvalue weighted by atomic mass is 10.0. The Morgan fingerprint density at radius 2 is 2.28 bits per heavy atom. The zero-order valence-electron chi connectivity index (χ0n) is 10.5. The average Bonchev–Trinajstić information content (AvgIpc) is 2.83. The normalized spacial score (nSPS) is 26.1. The third-order valence-electron chi connectivity index (χ3n) is 3.73. The van der Waals surface area contributed by atoms with E-state index in [-0.39, 0.29) is 17.9 Å². The van der Waals surface area contributed by atoms with Crippen molar-refractivity contribution in [1.29, 1.82) is 0 Å².